The molecule has 0 spiro atoms. The summed E-state index contributed by atoms with van der Waals surface area (Å²) in [5, 5.41) is 13.9. The first-order chi connectivity index (χ1) is 6.77. The van der Waals surface area contributed by atoms with Crippen LogP contribution in [-0.4, -0.2) is 20.6 Å². The van der Waals surface area contributed by atoms with Crippen molar-refractivity contribution >= 4 is 0 Å². The number of hydrogen-bond donors (Lipinski definition) is 1. The molecular formula is C10H12N4. The number of hydrogen-bond acceptors (Lipinski definition) is 3. The topological polar surface area (TPSA) is 54.5 Å². The van der Waals surface area contributed by atoms with Crippen LogP contribution >= 0.6 is 0 Å². The number of tetrazole rings is 1. The van der Waals surface area contributed by atoms with E-state index in [-0.39, 0.29) is 0 Å². The van der Waals surface area contributed by atoms with Crippen molar-refractivity contribution < 1.29 is 0 Å². The predicted molar refractivity (Wildman–Crippen MR) is 52.9 cm³/mol. The molecule has 0 aliphatic carbocycles. The zero-order valence-corrected chi connectivity index (χ0v) is 8.28. The van der Waals surface area contributed by atoms with Gasteiger partial charge in [0.2, 0.25) is 0 Å². The number of aryl methyl sites for hydroxylation is 2. The Hall–Kier alpha value is -1.71. The summed E-state index contributed by atoms with van der Waals surface area (Å²) in [5.41, 5.74) is 3.83. The normalized spacial score (nSPS) is 10.4. The summed E-state index contributed by atoms with van der Waals surface area (Å²) in [5.74, 6) is 0.738. The summed E-state index contributed by atoms with van der Waals surface area (Å²) in [7, 11) is 0. The number of H-pyrrole nitrogens is 1. The van der Waals surface area contributed by atoms with Crippen molar-refractivity contribution in [2.45, 2.75) is 20.3 Å². The zero-order valence-electron chi connectivity index (χ0n) is 8.28. The van der Waals surface area contributed by atoms with Crippen LogP contribution in [0.2, 0.25) is 0 Å². The van der Waals surface area contributed by atoms with Gasteiger partial charge in [0, 0.05) is 6.42 Å². The Kier molecular flexibility index (Phi) is 2.26. The molecule has 0 saturated carbocycles. The third kappa shape index (κ3) is 1.64. The fourth-order valence-corrected chi connectivity index (χ4v) is 1.54. The molecular weight excluding hydrogens is 176 g/mol. The van der Waals surface area contributed by atoms with Crippen LogP contribution in [0.3, 0.4) is 0 Å². The molecule has 1 aromatic heterocycles. The van der Waals surface area contributed by atoms with Crippen molar-refractivity contribution in [3.63, 3.8) is 0 Å². The molecule has 2 aromatic rings. The molecule has 0 saturated heterocycles. The van der Waals surface area contributed by atoms with Gasteiger partial charge >= 0.3 is 0 Å². The van der Waals surface area contributed by atoms with Gasteiger partial charge in [0.15, 0.2) is 5.82 Å². The lowest BCUT2D eigenvalue weighted by Crippen LogP contribution is -1.97. The predicted octanol–water partition coefficient (Wildman–Crippen LogP) is 1.41. The second-order valence-electron chi connectivity index (χ2n) is 3.38. The lowest BCUT2D eigenvalue weighted by Gasteiger charge is -2.06. The van der Waals surface area contributed by atoms with Gasteiger partial charge < -0.3 is 0 Å². The third-order valence-electron chi connectivity index (χ3n) is 2.37. The van der Waals surface area contributed by atoms with Crippen LogP contribution < -0.4 is 0 Å². The largest absolute Gasteiger partial charge is 0.178 e. The molecule has 2 rings (SSSR count). The Morgan fingerprint density at radius 2 is 1.93 bits per heavy atom. The van der Waals surface area contributed by atoms with Gasteiger partial charge in [-0.3, -0.25) is 0 Å². The minimum absolute atomic E-state index is 0.738. The molecule has 0 unspecified atom stereocenters. The van der Waals surface area contributed by atoms with Gasteiger partial charge in [0.1, 0.15) is 0 Å². The highest BCUT2D eigenvalue weighted by atomic mass is 15.5. The van der Waals surface area contributed by atoms with Gasteiger partial charge in [0.05, 0.1) is 0 Å². The van der Waals surface area contributed by atoms with Gasteiger partial charge in [-0.25, -0.2) is 0 Å². The Morgan fingerprint density at radius 3 is 2.50 bits per heavy atom. The lowest BCUT2D eigenvalue weighted by molar-refractivity contribution is 0.881. The molecule has 0 fully saturated rings. The highest BCUT2D eigenvalue weighted by molar-refractivity contribution is 5.35. The molecule has 1 N–H and O–H groups in total. The Labute approximate surface area is 82.4 Å². The molecule has 0 aliphatic rings. The molecule has 0 atom stereocenters. The maximum Gasteiger partial charge on any atom is 0.178 e. The van der Waals surface area contributed by atoms with E-state index in [4.69, 9.17) is 0 Å². The minimum atomic E-state index is 0.738. The van der Waals surface area contributed by atoms with Crippen LogP contribution in [-0.2, 0) is 6.42 Å². The molecule has 0 aliphatic heterocycles. The lowest BCUT2D eigenvalue weighted by atomic mass is 10.00. The quantitative estimate of drug-likeness (QED) is 0.775. The molecule has 1 heterocycles. The highest BCUT2D eigenvalue weighted by Gasteiger charge is 2.05. The van der Waals surface area contributed by atoms with Crippen molar-refractivity contribution in [1.82, 2.24) is 20.6 Å². The second kappa shape index (κ2) is 3.57. The summed E-state index contributed by atoms with van der Waals surface area (Å²) in [6.45, 7) is 4.20. The number of nitrogens with one attached hydrogen (secondary N) is 1. The third-order valence-corrected chi connectivity index (χ3v) is 2.37. The maximum absolute atomic E-state index is 3.95. The van der Waals surface area contributed by atoms with Crippen molar-refractivity contribution in [3.05, 3.63) is 40.7 Å². The molecule has 72 valence electrons. The van der Waals surface area contributed by atoms with Crippen LogP contribution in [0.5, 0.6) is 0 Å². The molecule has 0 amide bonds. The average Bonchev–Trinajstić information content (AvgIpc) is 2.64. The molecule has 14 heavy (non-hydrogen) atoms. The highest BCUT2D eigenvalue weighted by Crippen LogP contribution is 2.15. The first kappa shape index (κ1) is 8.87. The monoisotopic (exact) mass is 188 g/mol. The summed E-state index contributed by atoms with van der Waals surface area (Å²) >= 11 is 0. The molecule has 4 nitrogen and oxygen atoms in total. The fraction of sp³-hybridized carbons (Fsp3) is 0.300. The van der Waals surface area contributed by atoms with E-state index in [1.54, 1.807) is 0 Å². The van der Waals surface area contributed by atoms with Crippen LogP contribution in [0.25, 0.3) is 0 Å². The molecule has 0 radical (unpaired) electrons. The smallest absolute Gasteiger partial charge is 0.177 e. The average molecular weight is 188 g/mol. The van der Waals surface area contributed by atoms with E-state index in [0.717, 1.165) is 12.2 Å². The minimum Gasteiger partial charge on any atom is -0.177 e. The van der Waals surface area contributed by atoms with E-state index in [1.165, 1.54) is 16.7 Å². The number of aromatic nitrogens is 4. The van der Waals surface area contributed by atoms with Gasteiger partial charge in [-0.2, -0.15) is 5.21 Å². The number of rotatable bonds is 2. The van der Waals surface area contributed by atoms with Crippen LogP contribution in [0, 0.1) is 13.8 Å². The van der Waals surface area contributed by atoms with Gasteiger partial charge in [0.25, 0.3) is 0 Å². The van der Waals surface area contributed by atoms with E-state index in [9.17, 15) is 0 Å². The van der Waals surface area contributed by atoms with E-state index in [2.05, 4.69) is 52.7 Å². The van der Waals surface area contributed by atoms with Crippen molar-refractivity contribution in [2.24, 2.45) is 0 Å². The fourth-order valence-electron chi connectivity index (χ4n) is 1.54. The molecule has 4 heteroatoms. The Morgan fingerprint density at radius 1 is 1.21 bits per heavy atom. The number of aromatic amines is 1. The SMILES string of the molecule is Cc1cccc(C)c1Cc1nn[nH]n1. The molecule has 1 aromatic carbocycles. The van der Waals surface area contributed by atoms with Gasteiger partial charge in [-0.15, -0.1) is 10.2 Å². The number of benzene rings is 1. The van der Waals surface area contributed by atoms with Crippen LogP contribution in [0.1, 0.15) is 22.5 Å². The Bertz CT molecular complexity index is 399. The summed E-state index contributed by atoms with van der Waals surface area (Å²) in [6.07, 6.45) is 0.745. The first-order valence-corrected chi connectivity index (χ1v) is 4.55. The summed E-state index contributed by atoms with van der Waals surface area (Å²) < 4.78 is 0. The van der Waals surface area contributed by atoms with Crippen LogP contribution in [0.4, 0.5) is 0 Å². The van der Waals surface area contributed by atoms with Crippen LogP contribution in [0.15, 0.2) is 18.2 Å². The van der Waals surface area contributed by atoms with Crippen molar-refractivity contribution in [1.29, 1.82) is 0 Å². The maximum atomic E-state index is 3.95. The van der Waals surface area contributed by atoms with E-state index in [0.29, 0.717) is 0 Å². The van der Waals surface area contributed by atoms with Gasteiger partial charge in [-0.1, -0.05) is 23.4 Å². The summed E-state index contributed by atoms with van der Waals surface area (Å²) in [4.78, 5) is 0. The second-order valence-corrected chi connectivity index (χ2v) is 3.38. The Balaban J connectivity index is 2.33. The van der Waals surface area contributed by atoms with Crippen molar-refractivity contribution in [3.8, 4) is 0 Å². The zero-order chi connectivity index (χ0) is 9.97. The molecule has 0 bridgehead atoms. The number of nitrogens with zero attached hydrogens (tertiary/aromatic N) is 3. The van der Waals surface area contributed by atoms with E-state index in [1.807, 2.05) is 0 Å². The standard InChI is InChI=1S/C10H12N4/c1-7-4-3-5-8(2)9(7)6-10-11-13-14-12-10/h3-5H,6H2,1-2H3,(H,11,12,13,14). The summed E-state index contributed by atoms with van der Waals surface area (Å²) in [6, 6.07) is 6.26. The van der Waals surface area contributed by atoms with E-state index >= 15 is 0 Å². The first-order valence-electron chi connectivity index (χ1n) is 4.55. The van der Waals surface area contributed by atoms with Gasteiger partial charge in [-0.05, 0) is 30.5 Å². The van der Waals surface area contributed by atoms with Crippen molar-refractivity contribution in [2.75, 3.05) is 0 Å². The van der Waals surface area contributed by atoms with E-state index < -0.39 is 0 Å².